The Morgan fingerprint density at radius 2 is 1.25 bits per heavy atom. The highest BCUT2D eigenvalue weighted by molar-refractivity contribution is 7.86. The van der Waals surface area contributed by atoms with E-state index in [1.807, 2.05) is 63.2 Å². The molecule has 6 aromatic rings. The predicted octanol–water partition coefficient (Wildman–Crippen LogP) is 10.5. The van der Waals surface area contributed by atoms with E-state index in [1.54, 1.807) is 48.5 Å². The molecule has 0 saturated heterocycles. The lowest BCUT2D eigenvalue weighted by molar-refractivity contribution is 0.471. The summed E-state index contributed by atoms with van der Waals surface area (Å²) >= 11 is 0. The number of para-hydroxylation sites is 1. The summed E-state index contributed by atoms with van der Waals surface area (Å²) in [5, 5.41) is 32.7. The molecule has 0 atom stereocenters. The van der Waals surface area contributed by atoms with Gasteiger partial charge in [0.15, 0.2) is 0 Å². The summed E-state index contributed by atoms with van der Waals surface area (Å²) < 4.78 is 65.4. The van der Waals surface area contributed by atoms with Gasteiger partial charge in [0, 0.05) is 30.5 Å². The lowest BCUT2D eigenvalue weighted by atomic mass is 10.0. The van der Waals surface area contributed by atoms with Gasteiger partial charge < -0.3 is 15.3 Å². The summed E-state index contributed by atoms with van der Waals surface area (Å²) in [6.45, 7) is 7.28. The fourth-order valence-electron chi connectivity index (χ4n) is 6.00. The van der Waals surface area contributed by atoms with Crippen LogP contribution >= 0.6 is 0 Å². The van der Waals surface area contributed by atoms with Gasteiger partial charge in [-0.3, -0.25) is 9.11 Å². The van der Waals surface area contributed by atoms with E-state index in [0.717, 1.165) is 40.6 Å². The molecule has 0 unspecified atom stereocenters. The highest BCUT2D eigenvalue weighted by atomic mass is 32.2. The second kappa shape index (κ2) is 16.2. The molecule has 4 N–H and O–H groups in total. The molecular weight excluding hydrogens is 741 g/mol. The number of azo groups is 2. The SMILES string of the molecule is CCc1cccc(C)c1Nc1ccc2cc(S(=O)(=O)O)cc(O)c2c1N=Nc1ccc(N=Nc2ccc(N(CC)Cc3ccc(S(=O)(=O)O)cc3)cc2)cc1. The van der Waals surface area contributed by atoms with Gasteiger partial charge in [0.25, 0.3) is 20.2 Å². The number of nitrogens with one attached hydrogen (secondary N) is 1. The van der Waals surface area contributed by atoms with E-state index in [4.69, 9.17) is 0 Å². The molecule has 0 aliphatic heterocycles. The number of fused-ring (bicyclic) bond motifs is 1. The van der Waals surface area contributed by atoms with Gasteiger partial charge in [0.2, 0.25) is 0 Å². The zero-order chi connectivity index (χ0) is 39.3. The minimum Gasteiger partial charge on any atom is -0.507 e. The number of hydrogen-bond acceptors (Lipinski definition) is 11. The van der Waals surface area contributed by atoms with Crippen LogP contribution in [-0.4, -0.2) is 37.6 Å². The first-order valence-electron chi connectivity index (χ1n) is 17.2. The maximum atomic E-state index is 11.9. The van der Waals surface area contributed by atoms with Crippen LogP contribution in [0.5, 0.6) is 5.75 Å². The third kappa shape index (κ3) is 9.21. The van der Waals surface area contributed by atoms with Gasteiger partial charge in [-0.05, 0) is 115 Å². The van der Waals surface area contributed by atoms with Crippen LogP contribution in [0, 0.1) is 6.92 Å². The van der Waals surface area contributed by atoms with Gasteiger partial charge >= 0.3 is 0 Å². The minimum atomic E-state index is -4.58. The standard InChI is InChI=1S/C40H38N6O7S2/c1-4-28-8-6-7-26(3)39(28)41-36-22-11-29-23-35(55(51,52)53)24-37(47)38(29)40(36)45-44-31-14-12-30(13-15-31)42-43-32-16-18-33(19-17-32)46(5-2)25-27-9-20-34(21-10-27)54(48,49)50/h6-24,41,47H,4-5,25H2,1-3H3,(H,48,49,50)(H,51,52,53). The maximum absolute atomic E-state index is 11.9. The molecule has 13 nitrogen and oxygen atoms in total. The summed E-state index contributed by atoms with van der Waals surface area (Å²) in [4.78, 5) is 1.51. The number of anilines is 3. The lowest BCUT2D eigenvalue weighted by Crippen LogP contribution is -2.21. The fraction of sp³-hybridized carbons (Fsp3) is 0.150. The summed E-state index contributed by atoms with van der Waals surface area (Å²) in [6, 6.07) is 32.1. The molecule has 0 spiro atoms. The van der Waals surface area contributed by atoms with Crippen molar-refractivity contribution >= 4 is 70.8 Å². The molecule has 15 heteroatoms. The van der Waals surface area contributed by atoms with Gasteiger partial charge in [-0.25, -0.2) is 0 Å². The summed E-state index contributed by atoms with van der Waals surface area (Å²) in [5.41, 5.74) is 7.27. The van der Waals surface area contributed by atoms with Gasteiger partial charge in [0.05, 0.1) is 37.9 Å². The largest absolute Gasteiger partial charge is 0.507 e. The van der Waals surface area contributed by atoms with Crippen LogP contribution in [0.1, 0.15) is 30.5 Å². The Morgan fingerprint density at radius 1 is 0.673 bits per heavy atom. The molecule has 6 aromatic carbocycles. The van der Waals surface area contributed by atoms with Crippen LogP contribution in [0.3, 0.4) is 0 Å². The monoisotopic (exact) mass is 778 g/mol. The number of rotatable bonds is 13. The number of phenolic OH excluding ortho intramolecular Hbond substituents is 1. The number of benzene rings is 6. The van der Waals surface area contributed by atoms with Crippen molar-refractivity contribution in [3.8, 4) is 5.75 Å². The molecule has 6 rings (SSSR count). The normalized spacial score (nSPS) is 12.2. The zero-order valence-corrected chi connectivity index (χ0v) is 31.8. The highest BCUT2D eigenvalue weighted by Crippen LogP contribution is 2.43. The molecule has 0 aliphatic carbocycles. The Balaban J connectivity index is 1.21. The first kappa shape index (κ1) is 38.7. The lowest BCUT2D eigenvalue weighted by Gasteiger charge is -2.23. The van der Waals surface area contributed by atoms with Crippen LogP contribution in [0.15, 0.2) is 146 Å². The van der Waals surface area contributed by atoms with Crippen LogP contribution in [0.2, 0.25) is 0 Å². The smallest absolute Gasteiger partial charge is 0.294 e. The van der Waals surface area contributed by atoms with Crippen molar-refractivity contribution < 1.29 is 31.0 Å². The first-order valence-corrected chi connectivity index (χ1v) is 20.1. The molecule has 0 bridgehead atoms. The second-order valence-electron chi connectivity index (χ2n) is 12.6. The van der Waals surface area contributed by atoms with Crippen LogP contribution < -0.4 is 10.2 Å². The molecule has 282 valence electrons. The van der Waals surface area contributed by atoms with E-state index in [-0.39, 0.29) is 21.7 Å². The van der Waals surface area contributed by atoms with Crippen LogP contribution in [0.4, 0.5) is 39.8 Å². The van der Waals surface area contributed by atoms with Gasteiger partial charge in [0.1, 0.15) is 11.4 Å². The minimum absolute atomic E-state index is 0.151. The van der Waals surface area contributed by atoms with E-state index < -0.39 is 25.1 Å². The van der Waals surface area contributed by atoms with Gasteiger partial charge in [-0.1, -0.05) is 43.3 Å². The number of phenols is 1. The summed E-state index contributed by atoms with van der Waals surface area (Å²) in [6.07, 6.45) is 0.769. The Kier molecular flexibility index (Phi) is 11.4. The van der Waals surface area contributed by atoms with E-state index in [2.05, 4.69) is 30.7 Å². The van der Waals surface area contributed by atoms with E-state index >= 15 is 0 Å². The number of aryl methyl sites for hydroxylation is 2. The molecule has 0 aliphatic rings. The van der Waals surface area contributed by atoms with Crippen LogP contribution in [-0.2, 0) is 33.2 Å². The predicted molar refractivity (Wildman–Crippen MR) is 213 cm³/mol. The van der Waals surface area contributed by atoms with Crippen molar-refractivity contribution in [3.63, 3.8) is 0 Å². The van der Waals surface area contributed by atoms with Crippen molar-refractivity contribution in [1.82, 2.24) is 0 Å². The Hall–Kier alpha value is -6.00. The molecule has 0 saturated carbocycles. The molecule has 0 heterocycles. The number of aromatic hydroxyl groups is 1. The van der Waals surface area contributed by atoms with Crippen LogP contribution in [0.25, 0.3) is 10.8 Å². The van der Waals surface area contributed by atoms with Crippen molar-refractivity contribution in [1.29, 1.82) is 0 Å². The molecule has 55 heavy (non-hydrogen) atoms. The number of hydrogen-bond donors (Lipinski definition) is 4. The Labute approximate surface area is 319 Å². The second-order valence-corrected chi connectivity index (χ2v) is 15.5. The first-order chi connectivity index (χ1) is 26.2. The molecule has 0 fully saturated rings. The molecular formula is C40H38N6O7S2. The average Bonchev–Trinajstić information content (AvgIpc) is 3.16. The van der Waals surface area contributed by atoms with Crippen molar-refractivity contribution in [2.24, 2.45) is 20.5 Å². The van der Waals surface area contributed by atoms with Crippen molar-refractivity contribution in [3.05, 3.63) is 132 Å². The number of nitrogens with zero attached hydrogens (tertiary/aromatic N) is 5. The highest BCUT2D eigenvalue weighted by Gasteiger charge is 2.19. The van der Waals surface area contributed by atoms with Crippen molar-refractivity contribution in [2.75, 3.05) is 16.8 Å². The zero-order valence-electron chi connectivity index (χ0n) is 30.1. The third-order valence-electron chi connectivity index (χ3n) is 8.93. The topological polar surface area (TPSA) is 194 Å². The maximum Gasteiger partial charge on any atom is 0.294 e. The molecule has 0 radical (unpaired) electrons. The van der Waals surface area contributed by atoms with E-state index in [1.165, 1.54) is 18.2 Å². The quantitative estimate of drug-likeness (QED) is 0.0652. The summed E-state index contributed by atoms with van der Waals surface area (Å²) in [5.74, 6) is -0.387. The average molecular weight is 779 g/mol. The van der Waals surface area contributed by atoms with Gasteiger partial charge in [-0.2, -0.15) is 32.2 Å². The Bertz CT molecular complexity index is 2630. The third-order valence-corrected chi connectivity index (χ3v) is 10.6. The Morgan fingerprint density at radius 3 is 1.82 bits per heavy atom. The van der Waals surface area contributed by atoms with Gasteiger partial charge in [-0.15, -0.1) is 5.11 Å². The molecule has 0 aromatic heterocycles. The van der Waals surface area contributed by atoms with E-state index in [9.17, 15) is 31.0 Å². The van der Waals surface area contributed by atoms with Crippen molar-refractivity contribution in [2.45, 2.75) is 43.5 Å². The molecule has 0 amide bonds. The fourth-order valence-corrected chi connectivity index (χ4v) is 7.02. The summed E-state index contributed by atoms with van der Waals surface area (Å²) in [7, 11) is -8.83. The van der Waals surface area contributed by atoms with E-state index in [0.29, 0.717) is 41.2 Å².